The Morgan fingerprint density at radius 1 is 0.667 bits per heavy atom. The Kier molecular flexibility index (Phi) is 7.96. The van der Waals surface area contributed by atoms with E-state index < -0.39 is 47.6 Å². The van der Waals surface area contributed by atoms with Crippen LogP contribution in [0.15, 0.2) is 48.5 Å². The molecule has 30 heavy (non-hydrogen) atoms. The predicted molar refractivity (Wildman–Crippen MR) is 88.1 cm³/mol. The molecule has 12 heteroatoms. The van der Waals surface area contributed by atoms with Crippen LogP contribution in [0.1, 0.15) is 34.5 Å². The van der Waals surface area contributed by atoms with E-state index in [9.17, 15) is 35.9 Å². The van der Waals surface area contributed by atoms with Crippen molar-refractivity contribution >= 4 is 11.9 Å². The summed E-state index contributed by atoms with van der Waals surface area (Å²) in [4.78, 5) is 20.6. The molecule has 0 spiro atoms. The van der Waals surface area contributed by atoms with Crippen LogP contribution in [0, 0.1) is 0 Å². The Balaban J connectivity index is 0.000000300. The van der Waals surface area contributed by atoms with Crippen molar-refractivity contribution < 1.29 is 56.4 Å². The third-order valence-electron chi connectivity index (χ3n) is 3.55. The molecule has 164 valence electrons. The summed E-state index contributed by atoms with van der Waals surface area (Å²) in [6.45, 7) is 0. The zero-order chi connectivity index (χ0) is 23.3. The van der Waals surface area contributed by atoms with Crippen molar-refractivity contribution in [2.24, 2.45) is 0 Å². The molecule has 2 atom stereocenters. The second kappa shape index (κ2) is 9.59. The average molecular weight is 440 g/mol. The quantitative estimate of drug-likeness (QED) is 0.540. The molecule has 0 aliphatic carbocycles. The standard InChI is InChI=1S/2C9H7F3O3/c10-9(11,12)6-3-1-5(2-4-6)7(13)8(14)15;10-9(11,12)6-3-1-2-5(4-6)7(13)8(14)15/h2*1-4,7,13H,(H,14,15). The molecule has 2 aromatic rings. The van der Waals surface area contributed by atoms with Gasteiger partial charge in [-0.05, 0) is 35.4 Å². The lowest BCUT2D eigenvalue weighted by Gasteiger charge is -2.10. The van der Waals surface area contributed by atoms with Crippen molar-refractivity contribution in [2.45, 2.75) is 24.6 Å². The van der Waals surface area contributed by atoms with E-state index in [1.807, 2.05) is 0 Å². The Labute approximate surface area is 164 Å². The Hall–Kier alpha value is -3.12. The number of carboxylic acids is 2. The fourth-order valence-electron chi connectivity index (χ4n) is 2.02. The number of hydrogen-bond acceptors (Lipinski definition) is 4. The summed E-state index contributed by atoms with van der Waals surface area (Å²) in [5.41, 5.74) is -2.25. The van der Waals surface area contributed by atoms with Gasteiger partial charge in [-0.15, -0.1) is 0 Å². The largest absolute Gasteiger partial charge is 0.479 e. The lowest BCUT2D eigenvalue weighted by molar-refractivity contribution is -0.147. The van der Waals surface area contributed by atoms with E-state index in [0.29, 0.717) is 6.07 Å². The first-order valence-electron chi connectivity index (χ1n) is 7.80. The van der Waals surface area contributed by atoms with Crippen LogP contribution >= 0.6 is 0 Å². The number of hydrogen-bond donors (Lipinski definition) is 4. The van der Waals surface area contributed by atoms with E-state index in [1.165, 1.54) is 0 Å². The van der Waals surface area contributed by atoms with Gasteiger partial charge in [0.15, 0.2) is 12.2 Å². The van der Waals surface area contributed by atoms with Crippen molar-refractivity contribution in [1.82, 2.24) is 0 Å². The molecular formula is C18H14F6O6. The molecule has 0 aromatic heterocycles. The predicted octanol–water partition coefficient (Wildman–Crippen LogP) is 3.65. The highest BCUT2D eigenvalue weighted by Crippen LogP contribution is 2.31. The van der Waals surface area contributed by atoms with Crippen molar-refractivity contribution in [1.29, 1.82) is 0 Å². The number of halogens is 6. The van der Waals surface area contributed by atoms with Gasteiger partial charge in [0.2, 0.25) is 0 Å². The molecule has 0 aliphatic heterocycles. The average Bonchev–Trinajstić information content (AvgIpc) is 2.66. The zero-order valence-electron chi connectivity index (χ0n) is 14.6. The van der Waals surface area contributed by atoms with Crippen molar-refractivity contribution in [3.63, 3.8) is 0 Å². The molecule has 0 fully saturated rings. The van der Waals surface area contributed by atoms with Crippen LogP contribution in [0.2, 0.25) is 0 Å². The van der Waals surface area contributed by atoms with E-state index in [-0.39, 0.29) is 11.1 Å². The van der Waals surface area contributed by atoms with Crippen molar-refractivity contribution in [2.75, 3.05) is 0 Å². The summed E-state index contributed by atoms with van der Waals surface area (Å²) in [5.74, 6) is -3.09. The van der Waals surface area contributed by atoms with Gasteiger partial charge in [-0.25, -0.2) is 9.59 Å². The van der Waals surface area contributed by atoms with Crippen molar-refractivity contribution in [3.8, 4) is 0 Å². The van der Waals surface area contributed by atoms with Crippen LogP contribution in [0.5, 0.6) is 0 Å². The molecule has 0 heterocycles. The van der Waals surface area contributed by atoms with Gasteiger partial charge in [0.05, 0.1) is 11.1 Å². The summed E-state index contributed by atoms with van der Waals surface area (Å²) in [6, 6.07) is 6.89. The fraction of sp³-hybridized carbons (Fsp3) is 0.222. The summed E-state index contributed by atoms with van der Waals surface area (Å²) in [5, 5.41) is 34.8. The molecule has 2 rings (SSSR count). The highest BCUT2D eigenvalue weighted by atomic mass is 19.4. The Morgan fingerprint density at radius 3 is 1.50 bits per heavy atom. The maximum Gasteiger partial charge on any atom is 0.416 e. The number of carbonyl (C=O) groups is 2. The number of aliphatic carboxylic acids is 2. The monoisotopic (exact) mass is 440 g/mol. The molecule has 6 nitrogen and oxygen atoms in total. The van der Waals surface area contributed by atoms with Crippen LogP contribution in [0.25, 0.3) is 0 Å². The second-order valence-corrected chi connectivity index (χ2v) is 5.72. The normalized spacial score (nSPS) is 13.6. The topological polar surface area (TPSA) is 115 Å². The summed E-state index contributed by atoms with van der Waals surface area (Å²) in [7, 11) is 0. The zero-order valence-corrected chi connectivity index (χ0v) is 14.6. The van der Waals surface area contributed by atoms with Gasteiger partial charge in [0, 0.05) is 0 Å². The lowest BCUT2D eigenvalue weighted by atomic mass is 10.1. The second-order valence-electron chi connectivity index (χ2n) is 5.72. The van der Waals surface area contributed by atoms with Crippen LogP contribution in [-0.2, 0) is 21.9 Å². The van der Waals surface area contributed by atoms with E-state index in [4.69, 9.17) is 20.4 Å². The van der Waals surface area contributed by atoms with Crippen LogP contribution < -0.4 is 0 Å². The number of aliphatic hydroxyl groups excluding tert-OH is 2. The van der Waals surface area contributed by atoms with Crippen LogP contribution in [-0.4, -0.2) is 32.4 Å². The van der Waals surface area contributed by atoms with Crippen molar-refractivity contribution in [3.05, 3.63) is 70.8 Å². The minimum atomic E-state index is -4.55. The van der Waals surface area contributed by atoms with Gasteiger partial charge in [-0.3, -0.25) is 0 Å². The Morgan fingerprint density at radius 2 is 1.10 bits per heavy atom. The van der Waals surface area contributed by atoms with Gasteiger partial charge in [0.1, 0.15) is 0 Å². The molecule has 0 radical (unpaired) electrons. The van der Waals surface area contributed by atoms with Gasteiger partial charge >= 0.3 is 24.3 Å². The van der Waals surface area contributed by atoms with E-state index in [0.717, 1.165) is 42.5 Å². The summed E-state index contributed by atoms with van der Waals surface area (Å²) < 4.78 is 72.9. The minimum absolute atomic E-state index is 0.0875. The fourth-order valence-corrected chi connectivity index (χ4v) is 2.02. The molecule has 2 unspecified atom stereocenters. The van der Waals surface area contributed by atoms with Gasteiger partial charge in [-0.1, -0.05) is 24.3 Å². The first-order chi connectivity index (χ1) is 13.6. The molecule has 0 saturated carbocycles. The molecule has 4 N–H and O–H groups in total. The highest BCUT2D eigenvalue weighted by Gasteiger charge is 2.32. The van der Waals surface area contributed by atoms with Crippen LogP contribution in [0.4, 0.5) is 26.3 Å². The lowest BCUT2D eigenvalue weighted by Crippen LogP contribution is -2.12. The highest BCUT2D eigenvalue weighted by molar-refractivity contribution is 5.74. The maximum atomic E-state index is 12.2. The summed E-state index contributed by atoms with van der Waals surface area (Å²) in [6.07, 6.45) is -12.7. The summed E-state index contributed by atoms with van der Waals surface area (Å²) >= 11 is 0. The van der Waals surface area contributed by atoms with E-state index in [1.54, 1.807) is 0 Å². The van der Waals surface area contributed by atoms with Crippen LogP contribution in [0.3, 0.4) is 0 Å². The molecular weight excluding hydrogens is 426 g/mol. The number of benzene rings is 2. The number of aliphatic hydroxyl groups is 2. The number of alkyl halides is 6. The number of rotatable bonds is 4. The van der Waals surface area contributed by atoms with E-state index >= 15 is 0 Å². The van der Waals surface area contributed by atoms with Gasteiger partial charge < -0.3 is 20.4 Å². The molecule has 0 bridgehead atoms. The smallest absolute Gasteiger partial charge is 0.416 e. The first-order valence-corrected chi connectivity index (χ1v) is 7.80. The molecule has 2 aromatic carbocycles. The van der Waals surface area contributed by atoms with Gasteiger partial charge in [-0.2, -0.15) is 26.3 Å². The first kappa shape index (κ1) is 24.9. The third kappa shape index (κ3) is 7.04. The molecule has 0 saturated heterocycles. The minimum Gasteiger partial charge on any atom is -0.479 e. The third-order valence-corrected chi connectivity index (χ3v) is 3.55. The number of carboxylic acid groups (broad SMARTS) is 2. The SMILES string of the molecule is O=C(O)C(O)c1ccc(C(F)(F)F)cc1.O=C(O)C(O)c1cccc(C(F)(F)F)c1. The molecule has 0 aliphatic rings. The van der Waals surface area contributed by atoms with Gasteiger partial charge in [0.25, 0.3) is 0 Å². The van der Waals surface area contributed by atoms with E-state index in [2.05, 4.69) is 0 Å². The Bertz CT molecular complexity index is 876. The molecule has 0 amide bonds. The maximum absolute atomic E-state index is 12.2.